The molecule has 0 aliphatic carbocycles. The highest BCUT2D eigenvalue weighted by atomic mass is 16.2. The molecule has 3 aliphatic heterocycles. The molecule has 1 atom stereocenters. The van der Waals surface area contributed by atoms with Gasteiger partial charge in [-0.3, -0.25) is 4.79 Å². The van der Waals surface area contributed by atoms with Crippen molar-refractivity contribution in [3.8, 4) is 18.2 Å². The minimum Gasteiger partial charge on any atom is -0.366 e. The Morgan fingerprint density at radius 1 is 0.886 bits per heavy atom. The van der Waals surface area contributed by atoms with Crippen molar-refractivity contribution in [1.82, 2.24) is 9.88 Å². The van der Waals surface area contributed by atoms with E-state index >= 15 is 0 Å². The van der Waals surface area contributed by atoms with E-state index in [0.29, 0.717) is 49.9 Å². The minimum atomic E-state index is -0.270. The van der Waals surface area contributed by atoms with Gasteiger partial charge in [0, 0.05) is 68.9 Å². The van der Waals surface area contributed by atoms with E-state index in [-0.39, 0.29) is 18.4 Å². The molecule has 2 saturated heterocycles. The summed E-state index contributed by atoms with van der Waals surface area (Å²) >= 11 is 0. The number of fused-ring (bicyclic) bond motifs is 2. The molecule has 1 amide bonds. The van der Waals surface area contributed by atoms with Crippen LogP contribution in [0.2, 0.25) is 0 Å². The van der Waals surface area contributed by atoms with Gasteiger partial charge in [0.1, 0.15) is 17.7 Å². The molecule has 0 saturated carbocycles. The highest BCUT2D eigenvalue weighted by molar-refractivity contribution is 5.94. The predicted molar refractivity (Wildman–Crippen MR) is 171 cm³/mol. The zero-order valence-corrected chi connectivity index (χ0v) is 25.0. The van der Waals surface area contributed by atoms with Crippen LogP contribution < -0.4 is 14.7 Å². The molecular formula is C35H36N8O. The van der Waals surface area contributed by atoms with Crippen molar-refractivity contribution in [1.29, 1.82) is 15.8 Å². The predicted octanol–water partition coefficient (Wildman–Crippen LogP) is 4.92. The Bertz CT molecular complexity index is 1700. The highest BCUT2D eigenvalue weighted by Crippen LogP contribution is 2.39. The van der Waals surface area contributed by atoms with Crippen LogP contribution in [0.15, 0.2) is 55.1 Å². The molecule has 9 heteroatoms. The van der Waals surface area contributed by atoms with Crippen molar-refractivity contribution in [2.45, 2.75) is 44.7 Å². The molecule has 222 valence electrons. The summed E-state index contributed by atoms with van der Waals surface area (Å²) in [4.78, 5) is 26.4. The maximum atomic E-state index is 12.6. The summed E-state index contributed by atoms with van der Waals surface area (Å²) in [6, 6.07) is 21.6. The van der Waals surface area contributed by atoms with Crippen LogP contribution in [0.4, 0.5) is 17.3 Å². The van der Waals surface area contributed by atoms with Crippen molar-refractivity contribution in [2.24, 2.45) is 5.92 Å². The molecule has 0 spiro atoms. The first-order valence-electron chi connectivity index (χ1n) is 15.4. The Hall–Kier alpha value is -5.07. The third-order valence-corrected chi connectivity index (χ3v) is 9.43. The summed E-state index contributed by atoms with van der Waals surface area (Å²) in [5.74, 6) is 1.77. The zero-order valence-electron chi connectivity index (χ0n) is 25.0. The standard InChI is InChI=1S/C35H36N8O/c1-2-33(44)43-21-20-42(23-27(43)11-16-37)34-29-14-19-41(32-9-5-7-26-6-3-4-8-28(26)32)24-31(29)30(22-38)35(39-34)40-17-12-25(10-15-36)13-18-40/h2-9,25,27H,1,10-14,17-21,23-24H2. The average molecular weight is 585 g/mol. The van der Waals surface area contributed by atoms with Gasteiger partial charge in [0.2, 0.25) is 5.91 Å². The van der Waals surface area contributed by atoms with Crippen LogP contribution in [0.25, 0.3) is 10.8 Å². The van der Waals surface area contributed by atoms with Gasteiger partial charge < -0.3 is 19.6 Å². The van der Waals surface area contributed by atoms with Crippen LogP contribution in [0.5, 0.6) is 0 Å². The number of anilines is 3. The first-order chi connectivity index (χ1) is 21.6. The third-order valence-electron chi connectivity index (χ3n) is 9.43. The van der Waals surface area contributed by atoms with E-state index in [1.54, 1.807) is 4.90 Å². The van der Waals surface area contributed by atoms with E-state index in [2.05, 4.69) is 82.0 Å². The lowest BCUT2D eigenvalue weighted by Crippen LogP contribution is -2.55. The Morgan fingerprint density at radius 3 is 2.41 bits per heavy atom. The van der Waals surface area contributed by atoms with Crippen molar-refractivity contribution in [3.63, 3.8) is 0 Å². The number of hydrogen-bond donors (Lipinski definition) is 0. The van der Waals surface area contributed by atoms with Crippen molar-refractivity contribution in [3.05, 3.63) is 71.8 Å². The number of aromatic nitrogens is 1. The average Bonchev–Trinajstić information content (AvgIpc) is 3.07. The zero-order chi connectivity index (χ0) is 30.6. The van der Waals surface area contributed by atoms with Gasteiger partial charge in [0.05, 0.1) is 30.2 Å². The molecule has 4 heterocycles. The molecule has 1 unspecified atom stereocenters. The SMILES string of the molecule is C=CC(=O)N1CCN(c2nc(N3CCC(CC#N)CC3)c(C#N)c3c2CCN(c2cccc4ccccc24)C3)CC1CC#N. The minimum absolute atomic E-state index is 0.161. The molecule has 2 aromatic carbocycles. The number of pyridine rings is 1. The second kappa shape index (κ2) is 12.7. The van der Waals surface area contributed by atoms with E-state index < -0.39 is 0 Å². The monoisotopic (exact) mass is 584 g/mol. The molecule has 0 bridgehead atoms. The first kappa shape index (κ1) is 29.0. The Kier molecular flexibility index (Phi) is 8.35. The Morgan fingerprint density at radius 2 is 1.66 bits per heavy atom. The van der Waals surface area contributed by atoms with Gasteiger partial charge in [-0.1, -0.05) is 43.0 Å². The Labute approximate surface area is 258 Å². The molecule has 2 fully saturated rings. The number of amides is 1. The molecular weight excluding hydrogens is 548 g/mol. The van der Waals surface area contributed by atoms with Gasteiger partial charge in [0.25, 0.3) is 0 Å². The number of piperidine rings is 1. The van der Waals surface area contributed by atoms with Crippen LogP contribution in [0.1, 0.15) is 42.4 Å². The fourth-order valence-corrected chi connectivity index (χ4v) is 7.11. The number of rotatable bonds is 6. The molecule has 44 heavy (non-hydrogen) atoms. The van der Waals surface area contributed by atoms with Gasteiger partial charge >= 0.3 is 0 Å². The maximum absolute atomic E-state index is 12.6. The number of nitriles is 3. The largest absolute Gasteiger partial charge is 0.366 e. The van der Waals surface area contributed by atoms with Crippen LogP contribution in [0.3, 0.4) is 0 Å². The molecule has 0 N–H and O–H groups in total. The van der Waals surface area contributed by atoms with Crippen molar-refractivity contribution >= 4 is 34.0 Å². The number of benzene rings is 2. The quantitative estimate of drug-likeness (QED) is 0.375. The van der Waals surface area contributed by atoms with Crippen LogP contribution in [0, 0.1) is 39.9 Å². The van der Waals surface area contributed by atoms with E-state index in [4.69, 9.17) is 4.98 Å². The molecule has 0 radical (unpaired) electrons. The smallest absolute Gasteiger partial charge is 0.246 e. The summed E-state index contributed by atoms with van der Waals surface area (Å²) in [6.07, 6.45) is 4.60. The lowest BCUT2D eigenvalue weighted by Gasteiger charge is -2.43. The summed E-state index contributed by atoms with van der Waals surface area (Å²) in [7, 11) is 0. The summed E-state index contributed by atoms with van der Waals surface area (Å²) in [5, 5.41) is 31.8. The van der Waals surface area contributed by atoms with Crippen LogP contribution in [-0.2, 0) is 17.8 Å². The van der Waals surface area contributed by atoms with Gasteiger partial charge in [-0.05, 0) is 48.3 Å². The van der Waals surface area contributed by atoms with Gasteiger partial charge in [-0.2, -0.15) is 15.8 Å². The topological polar surface area (TPSA) is 114 Å². The number of nitrogens with zero attached hydrogens (tertiary/aromatic N) is 8. The fourth-order valence-electron chi connectivity index (χ4n) is 7.11. The van der Waals surface area contributed by atoms with Crippen LogP contribution >= 0.6 is 0 Å². The fraction of sp³-hybridized carbons (Fsp3) is 0.400. The van der Waals surface area contributed by atoms with E-state index in [9.17, 15) is 20.6 Å². The third kappa shape index (κ3) is 5.40. The lowest BCUT2D eigenvalue weighted by atomic mass is 9.92. The molecule has 3 aliphatic rings. The first-order valence-corrected chi connectivity index (χ1v) is 15.4. The molecule has 9 nitrogen and oxygen atoms in total. The Balaban J connectivity index is 1.42. The van der Waals surface area contributed by atoms with Crippen LogP contribution in [-0.4, -0.2) is 61.1 Å². The second-order valence-electron chi connectivity index (χ2n) is 11.9. The summed E-state index contributed by atoms with van der Waals surface area (Å²) in [6.45, 7) is 8.09. The van der Waals surface area contributed by atoms with Crippen molar-refractivity contribution in [2.75, 3.05) is 54.0 Å². The number of piperazine rings is 1. The summed E-state index contributed by atoms with van der Waals surface area (Å²) < 4.78 is 0. The van der Waals surface area contributed by atoms with Gasteiger partial charge in [0.15, 0.2) is 0 Å². The molecule has 6 rings (SSSR count). The van der Waals surface area contributed by atoms with E-state index in [1.165, 1.54) is 16.8 Å². The van der Waals surface area contributed by atoms with Crippen molar-refractivity contribution < 1.29 is 4.79 Å². The summed E-state index contributed by atoms with van der Waals surface area (Å²) in [5.41, 5.74) is 3.87. The molecule has 3 aromatic rings. The lowest BCUT2D eigenvalue weighted by molar-refractivity contribution is -0.128. The maximum Gasteiger partial charge on any atom is 0.246 e. The van der Waals surface area contributed by atoms with E-state index in [1.807, 2.05) is 0 Å². The number of carbonyl (C=O) groups excluding carboxylic acids is 1. The highest BCUT2D eigenvalue weighted by Gasteiger charge is 2.35. The van der Waals surface area contributed by atoms with Gasteiger partial charge in [-0.15, -0.1) is 0 Å². The molecule has 1 aromatic heterocycles. The number of hydrogen-bond acceptors (Lipinski definition) is 8. The second-order valence-corrected chi connectivity index (χ2v) is 11.9. The van der Waals surface area contributed by atoms with Gasteiger partial charge in [-0.25, -0.2) is 4.98 Å². The number of carbonyl (C=O) groups is 1. The normalized spacial score (nSPS) is 18.7. The van der Waals surface area contributed by atoms with E-state index in [0.717, 1.165) is 61.5 Å².